The van der Waals surface area contributed by atoms with Gasteiger partial charge in [-0.3, -0.25) is 4.72 Å². The van der Waals surface area contributed by atoms with Gasteiger partial charge in [0, 0.05) is 13.1 Å². The largest absolute Gasteiger partial charge is 0.495 e. The maximum atomic E-state index is 12.7. The van der Waals surface area contributed by atoms with Gasteiger partial charge in [0.15, 0.2) is 0 Å². The number of ether oxygens (including phenoxy) is 1. The first-order valence-corrected chi connectivity index (χ1v) is 12.2. The summed E-state index contributed by atoms with van der Waals surface area (Å²) in [7, 11) is -2.57. The first kappa shape index (κ1) is 30.8. The number of halogens is 4. The zero-order chi connectivity index (χ0) is 27.7. The normalized spacial score (nSPS) is 11.2. The zero-order valence-corrected chi connectivity index (χ0v) is 21.0. The number of nitrogens with zero attached hydrogens (tertiary/aromatic N) is 2. The molecule has 2 rings (SSSR count). The molecule has 1 heterocycles. The Kier molecular flexibility index (Phi) is 11.2. The minimum absolute atomic E-state index is 0.0473. The van der Waals surface area contributed by atoms with E-state index in [1.807, 2.05) is 18.7 Å². The lowest BCUT2D eigenvalue weighted by molar-refractivity contribution is -0.192. The molecule has 2 aromatic rings. The number of aliphatic carboxylic acids is 1. The minimum atomic E-state index is -5.08. The molecule has 1 aromatic heterocycles. The van der Waals surface area contributed by atoms with Crippen LogP contribution in [0.3, 0.4) is 0 Å². The highest BCUT2D eigenvalue weighted by atomic mass is 35.5. The van der Waals surface area contributed by atoms with Crippen molar-refractivity contribution in [3.05, 3.63) is 41.0 Å². The second kappa shape index (κ2) is 13.2. The number of carboxylic acid groups (broad SMARTS) is 2. The van der Waals surface area contributed by atoms with E-state index in [9.17, 15) is 31.5 Å². The van der Waals surface area contributed by atoms with Gasteiger partial charge in [-0.05, 0) is 37.1 Å². The molecule has 200 valence electrons. The van der Waals surface area contributed by atoms with Gasteiger partial charge in [0.2, 0.25) is 0 Å². The Morgan fingerprint density at radius 2 is 1.69 bits per heavy atom. The molecule has 0 atom stereocenters. The van der Waals surface area contributed by atoms with Gasteiger partial charge in [0.1, 0.15) is 17.1 Å². The molecule has 0 amide bonds. The van der Waals surface area contributed by atoms with E-state index in [4.69, 9.17) is 26.2 Å². The van der Waals surface area contributed by atoms with Gasteiger partial charge in [0.25, 0.3) is 10.0 Å². The van der Waals surface area contributed by atoms with Crippen LogP contribution < -0.4 is 14.4 Å². The monoisotopic (exact) mass is 555 g/mol. The Balaban J connectivity index is 0.000000809. The van der Waals surface area contributed by atoms with Crippen LogP contribution in [0.4, 0.5) is 24.7 Å². The van der Waals surface area contributed by atoms with Crippen molar-refractivity contribution in [1.82, 2.24) is 4.98 Å². The number of sulfonamides is 1. The van der Waals surface area contributed by atoms with Gasteiger partial charge in [-0.1, -0.05) is 25.4 Å². The molecule has 0 radical (unpaired) electrons. The maximum Gasteiger partial charge on any atom is 0.490 e. The lowest BCUT2D eigenvalue weighted by Crippen LogP contribution is -2.28. The molecule has 0 aliphatic heterocycles. The lowest BCUT2D eigenvalue weighted by Gasteiger charge is -2.24. The van der Waals surface area contributed by atoms with E-state index >= 15 is 0 Å². The number of aromatic nitrogens is 1. The third-order valence-electron chi connectivity index (χ3n) is 4.31. The van der Waals surface area contributed by atoms with E-state index in [0.717, 1.165) is 12.8 Å². The van der Waals surface area contributed by atoms with Crippen molar-refractivity contribution < 1.29 is 46.1 Å². The number of benzene rings is 1. The molecule has 0 saturated carbocycles. The first-order chi connectivity index (χ1) is 16.7. The lowest BCUT2D eigenvalue weighted by atomic mass is 10.2. The van der Waals surface area contributed by atoms with Crippen LogP contribution >= 0.6 is 11.6 Å². The van der Waals surface area contributed by atoms with Crippen LogP contribution in [0.15, 0.2) is 35.4 Å². The number of hydrogen-bond acceptors (Lipinski definition) is 7. The summed E-state index contributed by atoms with van der Waals surface area (Å²) in [5, 5.41) is 16.9. The van der Waals surface area contributed by atoms with Crippen LogP contribution in [0.1, 0.15) is 37.0 Å². The SMILES string of the molecule is CCCN(CCC)c1ncc(NS(=O)(=O)c2ccc(OC)c(Cl)c2)cc1C(=O)O.O=C(O)C(F)(F)F. The summed E-state index contributed by atoms with van der Waals surface area (Å²) in [6.07, 6.45) is -2.12. The predicted octanol–water partition coefficient (Wildman–Crippen LogP) is 4.50. The molecule has 0 fully saturated rings. The van der Waals surface area contributed by atoms with E-state index in [2.05, 4.69) is 9.71 Å². The molecule has 10 nitrogen and oxygen atoms in total. The standard InChI is InChI=1S/C19H24ClN3O5S.C2HF3O2/c1-4-8-23(9-5-2)18-15(19(24)25)10-13(12-21-18)22-29(26,27)14-6-7-17(28-3)16(20)11-14;3-2(4,5)1(6)7/h6-7,10-12,22H,4-5,8-9H2,1-3H3,(H,24,25);(H,6,7). The third kappa shape index (κ3) is 8.75. The Morgan fingerprint density at radius 3 is 2.11 bits per heavy atom. The highest BCUT2D eigenvalue weighted by molar-refractivity contribution is 7.92. The highest BCUT2D eigenvalue weighted by Crippen LogP contribution is 2.29. The smallest absolute Gasteiger partial charge is 0.490 e. The Bertz CT molecular complexity index is 1170. The minimum Gasteiger partial charge on any atom is -0.495 e. The molecule has 0 saturated heterocycles. The van der Waals surface area contributed by atoms with E-state index in [1.165, 1.54) is 37.6 Å². The van der Waals surface area contributed by atoms with Crippen molar-refractivity contribution in [1.29, 1.82) is 0 Å². The van der Waals surface area contributed by atoms with Gasteiger partial charge in [-0.15, -0.1) is 0 Å². The molecule has 0 aliphatic carbocycles. The Hall–Kier alpha value is -3.26. The van der Waals surface area contributed by atoms with Crippen molar-refractivity contribution in [2.45, 2.75) is 37.8 Å². The topological polar surface area (TPSA) is 146 Å². The number of pyridine rings is 1. The van der Waals surface area contributed by atoms with Crippen LogP contribution in [-0.2, 0) is 14.8 Å². The summed E-state index contributed by atoms with van der Waals surface area (Å²) < 4.78 is 64.4. The molecule has 0 unspecified atom stereocenters. The van der Waals surface area contributed by atoms with Crippen LogP contribution in [0.2, 0.25) is 5.02 Å². The fourth-order valence-corrected chi connectivity index (χ4v) is 4.20. The number of aromatic carboxylic acids is 1. The third-order valence-corrected chi connectivity index (χ3v) is 5.99. The molecule has 3 N–H and O–H groups in total. The van der Waals surface area contributed by atoms with Gasteiger partial charge < -0.3 is 19.8 Å². The maximum absolute atomic E-state index is 12.7. The van der Waals surface area contributed by atoms with Crippen LogP contribution in [0.5, 0.6) is 5.75 Å². The van der Waals surface area contributed by atoms with Gasteiger partial charge in [0.05, 0.1) is 28.9 Å². The molecule has 36 heavy (non-hydrogen) atoms. The number of rotatable bonds is 10. The summed E-state index contributed by atoms with van der Waals surface area (Å²) in [5.41, 5.74) is -0.0223. The number of anilines is 2. The summed E-state index contributed by atoms with van der Waals surface area (Å²) in [4.78, 5) is 26.7. The van der Waals surface area contributed by atoms with Crippen LogP contribution in [0, 0.1) is 0 Å². The number of carboxylic acids is 2. The molecule has 0 spiro atoms. The summed E-state index contributed by atoms with van der Waals surface area (Å²) in [6.45, 7) is 5.28. The average Bonchev–Trinajstić information content (AvgIpc) is 2.78. The van der Waals surface area contributed by atoms with E-state index in [1.54, 1.807) is 0 Å². The number of hydrogen-bond donors (Lipinski definition) is 3. The van der Waals surface area contributed by atoms with Crippen molar-refractivity contribution in [3.63, 3.8) is 0 Å². The quantitative estimate of drug-likeness (QED) is 0.385. The molecule has 1 aromatic carbocycles. The van der Waals surface area contributed by atoms with Crippen LogP contribution in [0.25, 0.3) is 0 Å². The van der Waals surface area contributed by atoms with Crippen molar-refractivity contribution in [3.8, 4) is 5.75 Å². The summed E-state index contributed by atoms with van der Waals surface area (Å²) in [6, 6.07) is 5.31. The Labute approximate surface area is 210 Å². The van der Waals surface area contributed by atoms with Crippen LogP contribution in [-0.4, -0.2) is 61.9 Å². The second-order valence-electron chi connectivity index (χ2n) is 7.09. The number of nitrogens with one attached hydrogen (secondary N) is 1. The summed E-state index contributed by atoms with van der Waals surface area (Å²) in [5.74, 6) is -3.28. The highest BCUT2D eigenvalue weighted by Gasteiger charge is 2.38. The van der Waals surface area contributed by atoms with Crippen molar-refractivity contribution >= 4 is 45.1 Å². The molecular formula is C21H25ClF3N3O7S. The Morgan fingerprint density at radius 1 is 1.14 bits per heavy atom. The fourth-order valence-electron chi connectivity index (χ4n) is 2.81. The van der Waals surface area contributed by atoms with Crippen molar-refractivity contribution in [2.75, 3.05) is 29.8 Å². The second-order valence-corrected chi connectivity index (χ2v) is 9.18. The van der Waals surface area contributed by atoms with E-state index < -0.39 is 28.1 Å². The van der Waals surface area contributed by atoms with E-state index in [-0.39, 0.29) is 21.2 Å². The average molecular weight is 556 g/mol. The van der Waals surface area contributed by atoms with Gasteiger partial charge in [-0.2, -0.15) is 13.2 Å². The summed E-state index contributed by atoms with van der Waals surface area (Å²) >= 11 is 6.01. The number of alkyl halides is 3. The molecule has 15 heteroatoms. The molecule has 0 bridgehead atoms. The zero-order valence-electron chi connectivity index (χ0n) is 19.5. The van der Waals surface area contributed by atoms with Crippen molar-refractivity contribution in [2.24, 2.45) is 0 Å². The molecule has 0 aliphatic rings. The molecular weight excluding hydrogens is 531 g/mol. The van der Waals surface area contributed by atoms with Gasteiger partial charge >= 0.3 is 18.1 Å². The predicted molar refractivity (Wildman–Crippen MR) is 126 cm³/mol. The van der Waals surface area contributed by atoms with Gasteiger partial charge in [-0.25, -0.2) is 23.0 Å². The first-order valence-electron chi connectivity index (χ1n) is 10.3. The number of methoxy groups -OCH3 is 1. The number of carbonyl (C=O) groups is 2. The fraction of sp³-hybridized carbons (Fsp3) is 0.381. The van der Waals surface area contributed by atoms with E-state index in [0.29, 0.717) is 24.7 Å².